The molecule has 0 saturated carbocycles. The van der Waals surface area contributed by atoms with Gasteiger partial charge in [-0.2, -0.15) is 9.57 Å². The van der Waals surface area contributed by atoms with Crippen LogP contribution in [0.3, 0.4) is 0 Å². The Morgan fingerprint density at radius 1 is 1.20 bits per heavy atom. The number of piperidine rings is 1. The Kier molecular flexibility index (Phi) is 6.75. The molecule has 8 heteroatoms. The van der Waals surface area contributed by atoms with E-state index in [1.54, 1.807) is 19.1 Å². The first-order valence-corrected chi connectivity index (χ1v) is 11.2. The monoisotopic (exact) mass is 427 g/mol. The molecule has 0 atom stereocenters. The molecular weight excluding hydrogens is 402 g/mol. The molecule has 0 spiro atoms. The van der Waals surface area contributed by atoms with Crippen molar-refractivity contribution < 1.29 is 17.9 Å². The molecule has 1 aliphatic rings. The first kappa shape index (κ1) is 21.8. The molecule has 3 rings (SSSR count). The number of rotatable bonds is 6. The van der Waals surface area contributed by atoms with Crippen LogP contribution in [-0.4, -0.2) is 50.8 Å². The highest BCUT2D eigenvalue weighted by Gasteiger charge is 2.33. The smallest absolute Gasteiger partial charge is 0.243 e. The van der Waals surface area contributed by atoms with Crippen molar-refractivity contribution in [3.05, 3.63) is 59.7 Å². The van der Waals surface area contributed by atoms with E-state index in [1.807, 2.05) is 30.3 Å². The maximum atomic E-state index is 12.8. The molecular formula is C22H25N3O4S. The highest BCUT2D eigenvalue weighted by Crippen LogP contribution is 2.26. The van der Waals surface area contributed by atoms with Crippen LogP contribution in [0.25, 0.3) is 0 Å². The number of carbonyl (C=O) groups excluding carboxylic acids is 1. The summed E-state index contributed by atoms with van der Waals surface area (Å²) in [6, 6.07) is 15.5. The fraction of sp³-hybridized carbons (Fsp3) is 0.364. The maximum Gasteiger partial charge on any atom is 0.243 e. The van der Waals surface area contributed by atoms with Gasteiger partial charge in [-0.3, -0.25) is 4.79 Å². The van der Waals surface area contributed by atoms with Crippen LogP contribution in [0.15, 0.2) is 53.4 Å². The molecule has 0 aliphatic carbocycles. The molecule has 1 amide bonds. The Balaban J connectivity index is 1.59. The van der Waals surface area contributed by atoms with Crippen molar-refractivity contribution in [1.29, 1.82) is 5.26 Å². The summed E-state index contributed by atoms with van der Waals surface area (Å²) in [6.07, 6.45) is 0.966. The SMILES string of the molecule is COc1cccc(CN(C)C(=O)C2CCN(S(=O)(=O)c3ccc(C#N)cc3)CC2)c1. The first-order valence-electron chi connectivity index (χ1n) is 9.73. The molecule has 1 aliphatic heterocycles. The zero-order chi connectivity index (χ0) is 21.7. The Bertz CT molecular complexity index is 1040. The lowest BCUT2D eigenvalue weighted by molar-refractivity contribution is -0.135. The van der Waals surface area contributed by atoms with E-state index in [-0.39, 0.29) is 16.7 Å². The topological polar surface area (TPSA) is 90.7 Å². The first-order chi connectivity index (χ1) is 14.3. The lowest BCUT2D eigenvalue weighted by Gasteiger charge is -2.32. The molecule has 30 heavy (non-hydrogen) atoms. The van der Waals surface area contributed by atoms with E-state index < -0.39 is 10.0 Å². The molecule has 1 fully saturated rings. The number of hydrogen-bond donors (Lipinski definition) is 0. The molecule has 7 nitrogen and oxygen atoms in total. The number of ether oxygens (including phenoxy) is 1. The van der Waals surface area contributed by atoms with E-state index in [0.717, 1.165) is 11.3 Å². The van der Waals surface area contributed by atoms with Gasteiger partial charge in [0.05, 0.1) is 23.6 Å². The Hall–Kier alpha value is -2.89. The standard InChI is InChI=1S/C22H25N3O4S/c1-24(16-18-4-3-5-20(14-18)29-2)22(26)19-10-12-25(13-11-19)30(27,28)21-8-6-17(15-23)7-9-21/h3-9,14,19H,10-13,16H2,1-2H3. The minimum absolute atomic E-state index is 0.0215. The van der Waals surface area contributed by atoms with Crippen molar-refractivity contribution in [2.24, 2.45) is 5.92 Å². The summed E-state index contributed by atoms with van der Waals surface area (Å²) in [5.74, 6) is 0.566. The summed E-state index contributed by atoms with van der Waals surface area (Å²) in [5, 5.41) is 8.87. The van der Waals surface area contributed by atoms with E-state index >= 15 is 0 Å². The van der Waals surface area contributed by atoms with Crippen molar-refractivity contribution in [3.8, 4) is 11.8 Å². The van der Waals surface area contributed by atoms with Gasteiger partial charge in [0.15, 0.2) is 0 Å². The number of methoxy groups -OCH3 is 1. The Morgan fingerprint density at radius 2 is 1.87 bits per heavy atom. The zero-order valence-corrected chi connectivity index (χ0v) is 17.9. The summed E-state index contributed by atoms with van der Waals surface area (Å²) < 4.78 is 32.3. The number of nitrogens with zero attached hydrogens (tertiary/aromatic N) is 3. The normalized spacial score (nSPS) is 15.4. The third-order valence-electron chi connectivity index (χ3n) is 5.35. The number of hydrogen-bond acceptors (Lipinski definition) is 5. The average molecular weight is 428 g/mol. The van der Waals surface area contributed by atoms with Gasteiger partial charge in [0, 0.05) is 32.6 Å². The third kappa shape index (κ3) is 4.81. The van der Waals surface area contributed by atoms with Gasteiger partial charge in [-0.05, 0) is 54.8 Å². The van der Waals surface area contributed by atoms with Crippen LogP contribution in [-0.2, 0) is 21.4 Å². The molecule has 0 N–H and O–H groups in total. The predicted molar refractivity (Wildman–Crippen MR) is 112 cm³/mol. The molecule has 2 aromatic rings. The van der Waals surface area contributed by atoms with Gasteiger partial charge in [-0.25, -0.2) is 8.42 Å². The number of amides is 1. The molecule has 0 unspecified atom stereocenters. The minimum atomic E-state index is -3.63. The van der Waals surface area contributed by atoms with Gasteiger partial charge >= 0.3 is 0 Å². The van der Waals surface area contributed by atoms with Crippen LogP contribution in [0, 0.1) is 17.2 Å². The van der Waals surface area contributed by atoms with Crippen molar-refractivity contribution in [2.45, 2.75) is 24.3 Å². The summed E-state index contributed by atoms with van der Waals surface area (Å²) in [6.45, 7) is 1.07. The molecule has 0 radical (unpaired) electrons. The third-order valence-corrected chi connectivity index (χ3v) is 7.27. The lowest BCUT2D eigenvalue weighted by atomic mass is 9.96. The number of carbonyl (C=O) groups is 1. The van der Waals surface area contributed by atoms with Gasteiger partial charge in [0.1, 0.15) is 5.75 Å². The molecule has 1 heterocycles. The van der Waals surface area contributed by atoms with E-state index in [1.165, 1.54) is 28.6 Å². The summed E-state index contributed by atoms with van der Waals surface area (Å²) in [5.41, 5.74) is 1.39. The largest absolute Gasteiger partial charge is 0.497 e. The fourth-order valence-electron chi connectivity index (χ4n) is 3.63. The molecule has 1 saturated heterocycles. The van der Waals surface area contributed by atoms with Gasteiger partial charge < -0.3 is 9.64 Å². The van der Waals surface area contributed by atoms with Crippen LogP contribution < -0.4 is 4.74 Å². The lowest BCUT2D eigenvalue weighted by Crippen LogP contribution is -2.43. The number of nitriles is 1. The Labute approximate surface area is 177 Å². The second-order valence-corrected chi connectivity index (χ2v) is 9.30. The van der Waals surface area contributed by atoms with E-state index in [4.69, 9.17) is 10.00 Å². The summed E-state index contributed by atoms with van der Waals surface area (Å²) in [7, 11) is -0.257. The van der Waals surface area contributed by atoms with Crippen molar-refractivity contribution in [1.82, 2.24) is 9.21 Å². The molecule has 158 valence electrons. The molecule has 0 aromatic heterocycles. The average Bonchev–Trinajstić information content (AvgIpc) is 2.78. The van der Waals surface area contributed by atoms with Crippen LogP contribution in [0.2, 0.25) is 0 Å². The summed E-state index contributed by atoms with van der Waals surface area (Å²) >= 11 is 0. The second-order valence-electron chi connectivity index (χ2n) is 7.36. The highest BCUT2D eigenvalue weighted by atomic mass is 32.2. The van der Waals surface area contributed by atoms with Gasteiger partial charge in [0.25, 0.3) is 0 Å². The Morgan fingerprint density at radius 3 is 2.47 bits per heavy atom. The predicted octanol–water partition coefficient (Wildman–Crippen LogP) is 2.63. The maximum absolute atomic E-state index is 12.8. The zero-order valence-electron chi connectivity index (χ0n) is 17.1. The van der Waals surface area contributed by atoms with Crippen LogP contribution >= 0.6 is 0 Å². The van der Waals surface area contributed by atoms with Crippen molar-refractivity contribution in [2.75, 3.05) is 27.2 Å². The van der Waals surface area contributed by atoms with Crippen LogP contribution in [0.4, 0.5) is 0 Å². The molecule has 0 bridgehead atoms. The van der Waals surface area contributed by atoms with Crippen molar-refractivity contribution in [3.63, 3.8) is 0 Å². The quantitative estimate of drug-likeness (QED) is 0.707. The fourth-order valence-corrected chi connectivity index (χ4v) is 5.10. The molecule has 2 aromatic carbocycles. The van der Waals surface area contributed by atoms with Crippen molar-refractivity contribution >= 4 is 15.9 Å². The number of benzene rings is 2. The highest BCUT2D eigenvalue weighted by molar-refractivity contribution is 7.89. The van der Waals surface area contributed by atoms with E-state index in [2.05, 4.69) is 0 Å². The van der Waals surface area contributed by atoms with Gasteiger partial charge in [0.2, 0.25) is 15.9 Å². The van der Waals surface area contributed by atoms with Gasteiger partial charge in [-0.15, -0.1) is 0 Å². The van der Waals surface area contributed by atoms with Gasteiger partial charge in [-0.1, -0.05) is 12.1 Å². The van der Waals surface area contributed by atoms with E-state index in [0.29, 0.717) is 38.0 Å². The van der Waals surface area contributed by atoms with E-state index in [9.17, 15) is 13.2 Å². The van der Waals surface area contributed by atoms with Crippen LogP contribution in [0.5, 0.6) is 5.75 Å². The second kappa shape index (κ2) is 9.28. The van der Waals surface area contributed by atoms with Crippen LogP contribution in [0.1, 0.15) is 24.0 Å². The minimum Gasteiger partial charge on any atom is -0.497 e. The number of sulfonamides is 1. The summed E-state index contributed by atoms with van der Waals surface area (Å²) in [4.78, 5) is 14.7.